The van der Waals surface area contributed by atoms with Gasteiger partial charge in [0.05, 0.1) is 6.61 Å². The van der Waals surface area contributed by atoms with E-state index in [2.05, 4.69) is 42.5 Å². The lowest BCUT2D eigenvalue weighted by atomic mass is 10.0. The predicted molar refractivity (Wildman–Crippen MR) is 86.2 cm³/mol. The van der Waals surface area contributed by atoms with Crippen molar-refractivity contribution in [3.63, 3.8) is 0 Å². The molecule has 1 aromatic carbocycles. The second-order valence-electron chi connectivity index (χ2n) is 6.19. The van der Waals surface area contributed by atoms with Crippen LogP contribution in [0.1, 0.15) is 35.3 Å². The molecule has 1 aliphatic rings. The van der Waals surface area contributed by atoms with Gasteiger partial charge in [0, 0.05) is 56.4 Å². The summed E-state index contributed by atoms with van der Waals surface area (Å²) in [5, 5.41) is 1.32. The molecule has 2 heterocycles. The van der Waals surface area contributed by atoms with Crippen molar-refractivity contribution in [2.75, 3.05) is 20.3 Å². The Kier molecular flexibility index (Phi) is 3.78. The van der Waals surface area contributed by atoms with Gasteiger partial charge in [-0.25, -0.2) is 0 Å². The summed E-state index contributed by atoms with van der Waals surface area (Å²) in [7, 11) is 3.89. The van der Waals surface area contributed by atoms with Gasteiger partial charge in [0.1, 0.15) is 0 Å². The number of ether oxygens (including phenoxy) is 1. The Morgan fingerprint density at radius 3 is 2.57 bits per heavy atom. The molecule has 4 nitrogen and oxygen atoms in total. The quantitative estimate of drug-likeness (QED) is 0.939. The van der Waals surface area contributed by atoms with Gasteiger partial charge in [0.2, 0.25) is 0 Å². The molecule has 21 heavy (non-hydrogen) atoms. The Morgan fingerprint density at radius 2 is 1.95 bits per heavy atom. The van der Waals surface area contributed by atoms with Gasteiger partial charge in [0.25, 0.3) is 0 Å². The summed E-state index contributed by atoms with van der Waals surface area (Å²) in [5.74, 6) is 0. The summed E-state index contributed by atoms with van der Waals surface area (Å²) in [6.07, 6.45) is 0. The van der Waals surface area contributed by atoms with Gasteiger partial charge in [-0.15, -0.1) is 0 Å². The van der Waals surface area contributed by atoms with E-state index in [1.807, 2.05) is 0 Å². The number of nitrogens with zero attached hydrogens (tertiary/aromatic N) is 2. The number of aromatic nitrogens is 1. The van der Waals surface area contributed by atoms with Crippen molar-refractivity contribution in [2.24, 2.45) is 12.8 Å². The van der Waals surface area contributed by atoms with E-state index in [1.54, 1.807) is 7.11 Å². The molecule has 1 atom stereocenters. The maximum atomic E-state index is 6.19. The number of aryl methyl sites for hydroxylation is 1. The SMILES string of the molecule is COCCN1Cc2cc3c(C(C)N)c(C)n(C)c3cc2C1. The highest BCUT2D eigenvalue weighted by atomic mass is 16.5. The molecule has 0 spiro atoms. The van der Waals surface area contributed by atoms with Crippen molar-refractivity contribution >= 4 is 10.9 Å². The second-order valence-corrected chi connectivity index (χ2v) is 6.19. The molecule has 2 aromatic rings. The summed E-state index contributed by atoms with van der Waals surface area (Å²) >= 11 is 0. The van der Waals surface area contributed by atoms with Crippen LogP contribution in [0.25, 0.3) is 10.9 Å². The number of nitrogens with two attached hydrogens (primary N) is 1. The Bertz CT molecular complexity index is 672. The van der Waals surface area contributed by atoms with Gasteiger partial charge in [-0.1, -0.05) is 0 Å². The van der Waals surface area contributed by atoms with Crippen molar-refractivity contribution in [1.82, 2.24) is 9.47 Å². The highest BCUT2D eigenvalue weighted by Crippen LogP contribution is 2.34. The molecule has 0 saturated carbocycles. The zero-order valence-corrected chi connectivity index (χ0v) is 13.4. The molecular weight excluding hydrogens is 262 g/mol. The lowest BCUT2D eigenvalue weighted by molar-refractivity contribution is 0.147. The summed E-state index contributed by atoms with van der Waals surface area (Å²) < 4.78 is 7.46. The third-order valence-corrected chi connectivity index (χ3v) is 4.72. The van der Waals surface area contributed by atoms with Crippen LogP contribution in [0.3, 0.4) is 0 Å². The van der Waals surface area contributed by atoms with Crippen LogP contribution in [0.15, 0.2) is 12.1 Å². The van der Waals surface area contributed by atoms with Crippen molar-refractivity contribution in [2.45, 2.75) is 33.0 Å². The molecule has 4 heteroatoms. The lowest BCUT2D eigenvalue weighted by Gasteiger charge is -2.13. The molecule has 0 saturated heterocycles. The van der Waals surface area contributed by atoms with Crippen LogP contribution in [-0.4, -0.2) is 29.7 Å². The fourth-order valence-electron chi connectivity index (χ4n) is 3.51. The van der Waals surface area contributed by atoms with E-state index in [0.29, 0.717) is 0 Å². The largest absolute Gasteiger partial charge is 0.383 e. The molecule has 0 amide bonds. The van der Waals surface area contributed by atoms with Crippen molar-refractivity contribution in [3.8, 4) is 0 Å². The van der Waals surface area contributed by atoms with Crippen LogP contribution >= 0.6 is 0 Å². The monoisotopic (exact) mass is 287 g/mol. The van der Waals surface area contributed by atoms with Crippen molar-refractivity contribution in [1.29, 1.82) is 0 Å². The maximum Gasteiger partial charge on any atom is 0.0589 e. The van der Waals surface area contributed by atoms with E-state index < -0.39 is 0 Å². The van der Waals surface area contributed by atoms with E-state index in [1.165, 1.54) is 33.3 Å². The summed E-state index contributed by atoms with van der Waals surface area (Å²) in [5.41, 5.74) is 12.9. The van der Waals surface area contributed by atoms with E-state index >= 15 is 0 Å². The lowest BCUT2D eigenvalue weighted by Crippen LogP contribution is -2.21. The third kappa shape index (κ3) is 2.37. The van der Waals surface area contributed by atoms with Crippen molar-refractivity contribution < 1.29 is 4.74 Å². The fraction of sp³-hybridized carbons (Fsp3) is 0.529. The Morgan fingerprint density at radius 1 is 1.29 bits per heavy atom. The average Bonchev–Trinajstić information content (AvgIpc) is 2.94. The Labute approximate surface area is 126 Å². The fourth-order valence-corrected chi connectivity index (χ4v) is 3.51. The minimum atomic E-state index is 0.0674. The molecule has 1 aliphatic heterocycles. The van der Waals surface area contributed by atoms with E-state index in [-0.39, 0.29) is 6.04 Å². The number of methoxy groups -OCH3 is 1. The van der Waals surface area contributed by atoms with E-state index in [9.17, 15) is 0 Å². The van der Waals surface area contributed by atoms with Gasteiger partial charge in [-0.05, 0) is 42.7 Å². The third-order valence-electron chi connectivity index (χ3n) is 4.72. The van der Waals surface area contributed by atoms with Gasteiger partial charge in [0.15, 0.2) is 0 Å². The average molecular weight is 287 g/mol. The zero-order valence-electron chi connectivity index (χ0n) is 13.4. The van der Waals surface area contributed by atoms with Crippen LogP contribution in [0, 0.1) is 6.92 Å². The Hall–Kier alpha value is -1.36. The number of hydrogen-bond donors (Lipinski definition) is 1. The van der Waals surface area contributed by atoms with Gasteiger partial charge >= 0.3 is 0 Å². The summed E-state index contributed by atoms with van der Waals surface area (Å²) in [4.78, 5) is 2.44. The summed E-state index contributed by atoms with van der Waals surface area (Å²) in [6, 6.07) is 4.76. The van der Waals surface area contributed by atoms with Crippen LogP contribution in [-0.2, 0) is 24.9 Å². The first-order valence-corrected chi connectivity index (χ1v) is 7.60. The molecule has 1 aromatic heterocycles. The number of fused-ring (bicyclic) bond motifs is 2. The van der Waals surface area contributed by atoms with Crippen LogP contribution < -0.4 is 5.73 Å². The smallest absolute Gasteiger partial charge is 0.0589 e. The van der Waals surface area contributed by atoms with Gasteiger partial charge < -0.3 is 15.0 Å². The van der Waals surface area contributed by atoms with Gasteiger partial charge in [-0.2, -0.15) is 0 Å². The normalized spacial score (nSPS) is 16.6. The number of rotatable bonds is 4. The molecule has 0 fully saturated rings. The number of benzene rings is 1. The molecule has 1 unspecified atom stereocenters. The Balaban J connectivity index is 2.03. The number of hydrogen-bond acceptors (Lipinski definition) is 3. The minimum Gasteiger partial charge on any atom is -0.383 e. The summed E-state index contributed by atoms with van der Waals surface area (Å²) in [6.45, 7) is 8.04. The van der Waals surface area contributed by atoms with Crippen molar-refractivity contribution in [3.05, 3.63) is 34.5 Å². The van der Waals surface area contributed by atoms with Crippen LogP contribution in [0.4, 0.5) is 0 Å². The molecule has 3 rings (SSSR count). The molecule has 2 N–H and O–H groups in total. The standard InChI is InChI=1S/C17H25N3O/c1-11(18)17-12(2)19(3)16-8-14-10-20(5-6-21-4)9-13(14)7-15(16)17/h7-8,11H,5-6,9-10,18H2,1-4H3. The first kappa shape index (κ1) is 14.6. The zero-order chi connectivity index (χ0) is 15.1. The first-order valence-electron chi connectivity index (χ1n) is 7.60. The second kappa shape index (κ2) is 5.44. The van der Waals surface area contributed by atoms with E-state index in [0.717, 1.165) is 26.2 Å². The van der Waals surface area contributed by atoms with Crippen LogP contribution in [0.5, 0.6) is 0 Å². The molecule has 0 bridgehead atoms. The predicted octanol–water partition coefficient (Wildman–Crippen LogP) is 2.47. The van der Waals surface area contributed by atoms with Crippen LogP contribution in [0.2, 0.25) is 0 Å². The van der Waals surface area contributed by atoms with E-state index in [4.69, 9.17) is 10.5 Å². The minimum absolute atomic E-state index is 0.0674. The maximum absolute atomic E-state index is 6.19. The van der Waals surface area contributed by atoms with Gasteiger partial charge in [-0.3, -0.25) is 4.90 Å². The molecule has 0 aliphatic carbocycles. The highest BCUT2D eigenvalue weighted by molar-refractivity contribution is 5.87. The first-order chi connectivity index (χ1) is 10.0. The molecule has 0 radical (unpaired) electrons. The molecular formula is C17H25N3O. The molecule has 114 valence electrons. The highest BCUT2D eigenvalue weighted by Gasteiger charge is 2.22. The topological polar surface area (TPSA) is 43.4 Å².